The standard InChI is InChI=1S/C16H18O/c1-16(2)11-14(10-15(17)12-16)9-8-13-6-4-3-5-7-13/h3-10H,11-12H2,1-2H3. The summed E-state index contributed by atoms with van der Waals surface area (Å²) in [5, 5.41) is 0. The van der Waals surface area contributed by atoms with Crippen molar-refractivity contribution in [2.24, 2.45) is 5.41 Å². The van der Waals surface area contributed by atoms with Crippen LogP contribution in [0.25, 0.3) is 6.08 Å². The van der Waals surface area contributed by atoms with Crippen LogP contribution in [0.15, 0.2) is 48.1 Å². The van der Waals surface area contributed by atoms with Gasteiger partial charge in [-0.2, -0.15) is 0 Å². The highest BCUT2D eigenvalue weighted by atomic mass is 16.1. The van der Waals surface area contributed by atoms with Gasteiger partial charge in [-0.1, -0.05) is 56.3 Å². The second-order valence-electron chi connectivity index (χ2n) is 5.45. The third-order valence-corrected chi connectivity index (χ3v) is 2.97. The molecule has 0 atom stereocenters. The smallest absolute Gasteiger partial charge is 0.156 e. The number of benzene rings is 1. The Hall–Kier alpha value is -1.63. The first-order valence-corrected chi connectivity index (χ1v) is 6.02. The van der Waals surface area contributed by atoms with Crippen molar-refractivity contribution in [3.8, 4) is 0 Å². The molecule has 88 valence electrons. The van der Waals surface area contributed by atoms with Crippen LogP contribution in [0.2, 0.25) is 0 Å². The number of rotatable bonds is 2. The van der Waals surface area contributed by atoms with Crippen molar-refractivity contribution in [2.75, 3.05) is 0 Å². The van der Waals surface area contributed by atoms with Crippen LogP contribution >= 0.6 is 0 Å². The highest BCUT2D eigenvalue weighted by Crippen LogP contribution is 2.34. The normalized spacial score (nSPS) is 19.4. The van der Waals surface area contributed by atoms with Crippen molar-refractivity contribution >= 4 is 11.9 Å². The van der Waals surface area contributed by atoms with Crippen molar-refractivity contribution < 1.29 is 4.79 Å². The van der Waals surface area contributed by atoms with Crippen LogP contribution in [0.3, 0.4) is 0 Å². The van der Waals surface area contributed by atoms with E-state index in [1.807, 2.05) is 18.2 Å². The largest absolute Gasteiger partial charge is 0.295 e. The Labute approximate surface area is 103 Å². The molecule has 0 N–H and O–H groups in total. The van der Waals surface area contributed by atoms with Gasteiger partial charge in [-0.05, 0) is 29.0 Å². The summed E-state index contributed by atoms with van der Waals surface area (Å²) in [6, 6.07) is 10.2. The van der Waals surface area contributed by atoms with Gasteiger partial charge in [0.15, 0.2) is 5.78 Å². The molecule has 0 bridgehead atoms. The maximum Gasteiger partial charge on any atom is 0.156 e. The Kier molecular flexibility index (Phi) is 3.28. The third-order valence-electron chi connectivity index (χ3n) is 2.97. The zero-order valence-corrected chi connectivity index (χ0v) is 10.4. The van der Waals surface area contributed by atoms with Crippen LogP contribution in [-0.4, -0.2) is 5.78 Å². The van der Waals surface area contributed by atoms with Crippen molar-refractivity contribution in [3.05, 3.63) is 53.6 Å². The zero-order chi connectivity index (χ0) is 12.3. The fourth-order valence-electron chi connectivity index (χ4n) is 2.27. The summed E-state index contributed by atoms with van der Waals surface area (Å²) in [4.78, 5) is 11.6. The molecule has 0 heterocycles. The van der Waals surface area contributed by atoms with E-state index < -0.39 is 0 Å². The SMILES string of the molecule is CC1(C)CC(=O)C=C(C=Cc2ccccc2)C1. The van der Waals surface area contributed by atoms with Crippen LogP contribution in [0.1, 0.15) is 32.3 Å². The summed E-state index contributed by atoms with van der Waals surface area (Å²) in [5.41, 5.74) is 2.40. The Morgan fingerprint density at radius 3 is 2.41 bits per heavy atom. The van der Waals surface area contributed by atoms with E-state index >= 15 is 0 Å². The predicted molar refractivity (Wildman–Crippen MR) is 71.6 cm³/mol. The van der Waals surface area contributed by atoms with Crippen LogP contribution < -0.4 is 0 Å². The molecule has 0 spiro atoms. The summed E-state index contributed by atoms with van der Waals surface area (Å²) in [7, 11) is 0. The van der Waals surface area contributed by atoms with Crippen molar-refractivity contribution in [2.45, 2.75) is 26.7 Å². The van der Waals surface area contributed by atoms with E-state index in [1.165, 1.54) is 5.56 Å². The van der Waals surface area contributed by atoms with Crippen LogP contribution in [0.5, 0.6) is 0 Å². The topological polar surface area (TPSA) is 17.1 Å². The van der Waals surface area contributed by atoms with Gasteiger partial charge in [-0.3, -0.25) is 4.79 Å². The van der Waals surface area contributed by atoms with Crippen molar-refractivity contribution in [1.82, 2.24) is 0 Å². The van der Waals surface area contributed by atoms with E-state index in [0.717, 1.165) is 12.0 Å². The maximum absolute atomic E-state index is 11.6. The first-order valence-electron chi connectivity index (χ1n) is 6.02. The Morgan fingerprint density at radius 1 is 1.06 bits per heavy atom. The van der Waals surface area contributed by atoms with E-state index in [9.17, 15) is 4.79 Å². The number of hydrogen-bond donors (Lipinski definition) is 0. The lowest BCUT2D eigenvalue weighted by Crippen LogP contribution is -2.21. The lowest BCUT2D eigenvalue weighted by Gasteiger charge is -2.27. The quantitative estimate of drug-likeness (QED) is 0.744. The highest BCUT2D eigenvalue weighted by Gasteiger charge is 2.26. The number of ketones is 1. The minimum Gasteiger partial charge on any atom is -0.295 e. The molecule has 17 heavy (non-hydrogen) atoms. The van der Waals surface area contributed by atoms with Gasteiger partial charge in [-0.25, -0.2) is 0 Å². The van der Waals surface area contributed by atoms with E-state index in [2.05, 4.69) is 38.1 Å². The molecule has 2 rings (SSSR count). The molecule has 0 aliphatic heterocycles. The lowest BCUT2D eigenvalue weighted by molar-refractivity contribution is -0.116. The predicted octanol–water partition coefficient (Wildman–Crippen LogP) is 4.02. The molecule has 0 saturated carbocycles. The van der Waals surface area contributed by atoms with E-state index in [-0.39, 0.29) is 11.2 Å². The van der Waals surface area contributed by atoms with E-state index in [0.29, 0.717) is 6.42 Å². The molecule has 1 aromatic rings. The molecule has 1 nitrogen and oxygen atoms in total. The number of carbonyl (C=O) groups is 1. The average molecular weight is 226 g/mol. The molecule has 0 fully saturated rings. The Morgan fingerprint density at radius 2 is 1.76 bits per heavy atom. The summed E-state index contributed by atoms with van der Waals surface area (Å²) >= 11 is 0. The van der Waals surface area contributed by atoms with E-state index in [4.69, 9.17) is 0 Å². The molecule has 0 unspecified atom stereocenters. The lowest BCUT2D eigenvalue weighted by atomic mass is 9.77. The van der Waals surface area contributed by atoms with Gasteiger partial charge in [0.25, 0.3) is 0 Å². The maximum atomic E-state index is 11.6. The number of hydrogen-bond acceptors (Lipinski definition) is 1. The first kappa shape index (κ1) is 11.8. The van der Waals surface area contributed by atoms with Crippen LogP contribution in [0.4, 0.5) is 0 Å². The van der Waals surface area contributed by atoms with Crippen LogP contribution in [-0.2, 0) is 4.79 Å². The van der Waals surface area contributed by atoms with Gasteiger partial charge in [0.05, 0.1) is 0 Å². The minimum absolute atomic E-state index is 0.0994. The van der Waals surface area contributed by atoms with E-state index in [1.54, 1.807) is 6.08 Å². The second kappa shape index (κ2) is 4.70. The molecule has 1 aromatic carbocycles. The summed E-state index contributed by atoms with van der Waals surface area (Å²) in [6.07, 6.45) is 7.55. The Bertz CT molecular complexity index is 464. The molecule has 0 radical (unpaired) electrons. The van der Waals surface area contributed by atoms with Gasteiger partial charge in [0.1, 0.15) is 0 Å². The van der Waals surface area contributed by atoms with Crippen LogP contribution in [0, 0.1) is 5.41 Å². The zero-order valence-electron chi connectivity index (χ0n) is 10.4. The average Bonchev–Trinajstić information content (AvgIpc) is 2.25. The van der Waals surface area contributed by atoms with Gasteiger partial charge in [0.2, 0.25) is 0 Å². The van der Waals surface area contributed by atoms with Crippen molar-refractivity contribution in [1.29, 1.82) is 0 Å². The highest BCUT2D eigenvalue weighted by molar-refractivity contribution is 5.92. The first-order chi connectivity index (χ1) is 8.05. The third kappa shape index (κ3) is 3.42. The summed E-state index contributed by atoms with van der Waals surface area (Å²) in [5.74, 6) is 0.244. The van der Waals surface area contributed by atoms with Crippen molar-refractivity contribution in [3.63, 3.8) is 0 Å². The van der Waals surface area contributed by atoms with Gasteiger partial charge in [0, 0.05) is 6.42 Å². The fourth-order valence-corrected chi connectivity index (χ4v) is 2.27. The van der Waals surface area contributed by atoms with Gasteiger partial charge < -0.3 is 0 Å². The van der Waals surface area contributed by atoms with Gasteiger partial charge in [-0.15, -0.1) is 0 Å². The molecule has 1 aliphatic carbocycles. The number of carbonyl (C=O) groups excluding carboxylic acids is 1. The molecule has 0 saturated heterocycles. The molecular formula is C16H18O. The molecule has 0 amide bonds. The molecule has 1 aliphatic rings. The fraction of sp³-hybridized carbons (Fsp3) is 0.312. The summed E-state index contributed by atoms with van der Waals surface area (Å²) in [6.45, 7) is 4.29. The molecular weight excluding hydrogens is 208 g/mol. The monoisotopic (exact) mass is 226 g/mol. The molecule has 0 aromatic heterocycles. The Balaban J connectivity index is 2.14. The second-order valence-corrected chi connectivity index (χ2v) is 5.45. The summed E-state index contributed by atoms with van der Waals surface area (Å²) < 4.78 is 0. The molecule has 1 heteroatoms. The van der Waals surface area contributed by atoms with Gasteiger partial charge >= 0.3 is 0 Å². The number of allylic oxidation sites excluding steroid dienone is 3. The minimum atomic E-state index is 0.0994.